The Bertz CT molecular complexity index is 630. The minimum Gasteiger partial charge on any atom is -0.307 e. The number of alkyl halides is 3. The Hall–Kier alpha value is -1.90. The minimum absolute atomic E-state index is 0.0346. The minimum atomic E-state index is -4.25. The van der Waals surface area contributed by atoms with E-state index in [1.165, 1.54) is 21.8 Å². The predicted molar refractivity (Wildman–Crippen MR) is 61.7 cm³/mol. The molecule has 0 fully saturated rings. The van der Waals surface area contributed by atoms with Crippen molar-refractivity contribution in [2.45, 2.75) is 12.7 Å². The van der Waals surface area contributed by atoms with Crippen LogP contribution < -0.4 is 10.9 Å². The van der Waals surface area contributed by atoms with Gasteiger partial charge in [-0.15, -0.1) is 0 Å². The van der Waals surface area contributed by atoms with Crippen LogP contribution in [0.5, 0.6) is 0 Å². The molecule has 0 amide bonds. The van der Waals surface area contributed by atoms with Crippen LogP contribution in [0, 0.1) is 0 Å². The van der Waals surface area contributed by atoms with E-state index in [1.807, 2.05) is 0 Å². The third-order valence-corrected chi connectivity index (χ3v) is 2.57. The Kier molecular flexibility index (Phi) is 3.56. The van der Waals surface area contributed by atoms with Crippen molar-refractivity contribution in [2.75, 3.05) is 13.1 Å². The molecule has 0 saturated heterocycles. The SMILES string of the molecule is Cn1ncc2c(=O)n(CCNCC(F)(F)F)cnc21. The predicted octanol–water partition coefficient (Wildman–Crippen LogP) is 0.282. The molecule has 2 aromatic rings. The molecule has 0 saturated carbocycles. The summed E-state index contributed by atoms with van der Waals surface area (Å²) in [5, 5.41) is 6.47. The Labute approximate surface area is 105 Å². The summed E-state index contributed by atoms with van der Waals surface area (Å²) in [4.78, 5) is 16.0. The van der Waals surface area contributed by atoms with Gasteiger partial charge in [-0.3, -0.25) is 14.0 Å². The fourth-order valence-corrected chi connectivity index (χ4v) is 1.66. The first-order valence-electron chi connectivity index (χ1n) is 5.53. The Morgan fingerprint density at radius 1 is 1.42 bits per heavy atom. The summed E-state index contributed by atoms with van der Waals surface area (Å²) in [5.74, 6) is 0. The van der Waals surface area contributed by atoms with Gasteiger partial charge in [0.1, 0.15) is 11.7 Å². The average Bonchev–Trinajstić information content (AvgIpc) is 2.69. The molecular formula is C10H12F3N5O. The van der Waals surface area contributed by atoms with Gasteiger partial charge in [-0.2, -0.15) is 18.3 Å². The third-order valence-electron chi connectivity index (χ3n) is 2.57. The molecule has 104 valence electrons. The fraction of sp³-hybridized carbons (Fsp3) is 0.500. The van der Waals surface area contributed by atoms with E-state index in [2.05, 4.69) is 15.4 Å². The van der Waals surface area contributed by atoms with Gasteiger partial charge in [-0.25, -0.2) is 4.98 Å². The molecule has 19 heavy (non-hydrogen) atoms. The zero-order valence-corrected chi connectivity index (χ0v) is 10.1. The van der Waals surface area contributed by atoms with E-state index >= 15 is 0 Å². The van der Waals surface area contributed by atoms with Gasteiger partial charge in [0.15, 0.2) is 5.65 Å². The van der Waals surface area contributed by atoms with Crippen molar-refractivity contribution in [1.29, 1.82) is 0 Å². The van der Waals surface area contributed by atoms with Crippen molar-refractivity contribution < 1.29 is 13.2 Å². The number of fused-ring (bicyclic) bond motifs is 1. The standard InChI is InChI=1S/C10H12F3N5O/c1-17-8-7(4-16-17)9(19)18(6-15-8)3-2-14-5-10(11,12)13/h4,6,14H,2-3,5H2,1H3. The first-order chi connectivity index (χ1) is 8.88. The van der Waals surface area contributed by atoms with E-state index in [9.17, 15) is 18.0 Å². The van der Waals surface area contributed by atoms with Gasteiger partial charge in [0, 0.05) is 20.1 Å². The Balaban J connectivity index is 2.06. The molecule has 0 bridgehead atoms. The first kappa shape index (κ1) is 13.5. The van der Waals surface area contributed by atoms with Crippen molar-refractivity contribution in [3.8, 4) is 0 Å². The van der Waals surface area contributed by atoms with Crippen molar-refractivity contribution in [3.63, 3.8) is 0 Å². The van der Waals surface area contributed by atoms with Gasteiger partial charge in [-0.1, -0.05) is 0 Å². The summed E-state index contributed by atoms with van der Waals surface area (Å²) in [6, 6.07) is 0. The molecule has 2 heterocycles. The number of hydrogen-bond acceptors (Lipinski definition) is 4. The van der Waals surface area contributed by atoms with Crippen molar-refractivity contribution in [3.05, 3.63) is 22.9 Å². The van der Waals surface area contributed by atoms with Gasteiger partial charge in [-0.05, 0) is 0 Å². The number of aromatic nitrogens is 4. The van der Waals surface area contributed by atoms with E-state index in [0.717, 1.165) is 0 Å². The van der Waals surface area contributed by atoms with E-state index in [4.69, 9.17) is 0 Å². The fourth-order valence-electron chi connectivity index (χ4n) is 1.66. The van der Waals surface area contributed by atoms with Crippen molar-refractivity contribution in [1.82, 2.24) is 24.6 Å². The average molecular weight is 275 g/mol. The van der Waals surface area contributed by atoms with Crippen LogP contribution >= 0.6 is 0 Å². The molecule has 2 aromatic heterocycles. The number of halogens is 3. The molecule has 0 aliphatic carbocycles. The lowest BCUT2D eigenvalue weighted by molar-refractivity contribution is -0.124. The summed E-state index contributed by atoms with van der Waals surface area (Å²) in [6.07, 6.45) is -1.55. The molecule has 0 aliphatic heterocycles. The van der Waals surface area contributed by atoms with Crippen molar-refractivity contribution in [2.24, 2.45) is 7.05 Å². The highest BCUT2D eigenvalue weighted by Gasteiger charge is 2.25. The van der Waals surface area contributed by atoms with Crippen LogP contribution in [-0.4, -0.2) is 38.6 Å². The van der Waals surface area contributed by atoms with Crippen LogP contribution in [-0.2, 0) is 13.6 Å². The lowest BCUT2D eigenvalue weighted by atomic mass is 10.4. The van der Waals surface area contributed by atoms with Crippen LogP contribution in [0.15, 0.2) is 17.3 Å². The van der Waals surface area contributed by atoms with Gasteiger partial charge in [0.2, 0.25) is 0 Å². The Morgan fingerprint density at radius 3 is 2.84 bits per heavy atom. The zero-order valence-electron chi connectivity index (χ0n) is 10.1. The molecule has 0 spiro atoms. The summed E-state index contributed by atoms with van der Waals surface area (Å²) in [7, 11) is 1.66. The largest absolute Gasteiger partial charge is 0.401 e. The van der Waals surface area contributed by atoms with E-state index < -0.39 is 12.7 Å². The molecular weight excluding hydrogens is 263 g/mol. The molecule has 6 nitrogen and oxygen atoms in total. The molecule has 1 N–H and O–H groups in total. The molecule has 9 heteroatoms. The zero-order chi connectivity index (χ0) is 14.0. The maximum Gasteiger partial charge on any atom is 0.401 e. The Morgan fingerprint density at radius 2 is 2.16 bits per heavy atom. The third kappa shape index (κ3) is 3.11. The highest BCUT2D eigenvalue weighted by Crippen LogP contribution is 2.11. The molecule has 0 aromatic carbocycles. The number of rotatable bonds is 4. The molecule has 0 unspecified atom stereocenters. The van der Waals surface area contributed by atoms with E-state index in [0.29, 0.717) is 11.0 Å². The first-order valence-corrected chi connectivity index (χ1v) is 5.53. The maximum absolute atomic E-state index is 12.0. The summed E-state index contributed by atoms with van der Waals surface area (Å²) < 4.78 is 38.5. The van der Waals surface area contributed by atoms with Crippen LogP contribution in [0.2, 0.25) is 0 Å². The highest BCUT2D eigenvalue weighted by atomic mass is 19.4. The molecule has 0 radical (unpaired) electrons. The highest BCUT2D eigenvalue weighted by molar-refractivity contribution is 5.72. The van der Waals surface area contributed by atoms with Crippen LogP contribution in [0.3, 0.4) is 0 Å². The molecule has 0 aliphatic rings. The van der Waals surface area contributed by atoms with E-state index in [1.54, 1.807) is 7.05 Å². The maximum atomic E-state index is 12.0. The van der Waals surface area contributed by atoms with Crippen LogP contribution in [0.1, 0.15) is 0 Å². The van der Waals surface area contributed by atoms with Gasteiger partial charge < -0.3 is 5.32 Å². The number of hydrogen-bond donors (Lipinski definition) is 1. The van der Waals surface area contributed by atoms with Gasteiger partial charge >= 0.3 is 6.18 Å². The number of nitrogens with zero attached hydrogens (tertiary/aromatic N) is 4. The topological polar surface area (TPSA) is 64.7 Å². The second kappa shape index (κ2) is 5.00. The van der Waals surface area contributed by atoms with Gasteiger partial charge in [0.05, 0.1) is 12.7 Å². The quantitative estimate of drug-likeness (QED) is 0.814. The monoisotopic (exact) mass is 275 g/mol. The molecule has 0 atom stereocenters. The summed E-state index contributed by atoms with van der Waals surface area (Å²) in [6.45, 7) is -0.927. The number of nitrogens with one attached hydrogen (secondary N) is 1. The van der Waals surface area contributed by atoms with Gasteiger partial charge in [0.25, 0.3) is 5.56 Å². The lowest BCUT2D eigenvalue weighted by Crippen LogP contribution is -2.33. The second-order valence-electron chi connectivity index (χ2n) is 4.04. The smallest absolute Gasteiger partial charge is 0.307 e. The van der Waals surface area contributed by atoms with Crippen LogP contribution in [0.4, 0.5) is 13.2 Å². The van der Waals surface area contributed by atoms with Crippen molar-refractivity contribution >= 4 is 11.0 Å². The van der Waals surface area contributed by atoms with E-state index in [-0.39, 0.29) is 18.6 Å². The van der Waals surface area contributed by atoms with Crippen LogP contribution in [0.25, 0.3) is 11.0 Å². The second-order valence-corrected chi connectivity index (χ2v) is 4.04. The lowest BCUT2D eigenvalue weighted by Gasteiger charge is -2.09. The normalized spacial score (nSPS) is 12.2. The summed E-state index contributed by atoms with van der Waals surface area (Å²) >= 11 is 0. The molecule has 2 rings (SSSR count). The number of aryl methyl sites for hydroxylation is 1. The summed E-state index contributed by atoms with van der Waals surface area (Å²) in [5.41, 5.74) is 0.136.